The number of esters is 1. The molecule has 7 nitrogen and oxygen atoms in total. The molecule has 1 aliphatic heterocycles. The van der Waals surface area contributed by atoms with E-state index in [9.17, 15) is 19.2 Å². The molecule has 1 aromatic rings. The van der Waals surface area contributed by atoms with Crippen molar-refractivity contribution in [1.82, 2.24) is 4.90 Å². The summed E-state index contributed by atoms with van der Waals surface area (Å²) in [5.41, 5.74) is 0.878. The molecule has 1 aromatic carbocycles. The van der Waals surface area contributed by atoms with E-state index in [0.717, 1.165) is 11.3 Å². The summed E-state index contributed by atoms with van der Waals surface area (Å²) >= 11 is 0. The Hall–Kier alpha value is -2.96. The van der Waals surface area contributed by atoms with Gasteiger partial charge in [0, 0.05) is 5.69 Å². The standard InChI is InChI=1S/C22H22N2O5/c1-2-29-22(28)11-3-5-12(6-4-11)23-17(25)10-24-20(26)18-13-7-8-14(16-9-15(13)16)19(18)21(24)27/h3-8,13-16,18-19H,2,9-10H2,1H3,(H,23,25)/t13-,14-,15-,16+,18+,19+/m1/s1. The molecule has 4 aliphatic carbocycles. The van der Waals surface area contributed by atoms with Crippen LogP contribution in [0.1, 0.15) is 23.7 Å². The van der Waals surface area contributed by atoms with Crippen molar-refractivity contribution < 1.29 is 23.9 Å². The predicted molar refractivity (Wildman–Crippen MR) is 102 cm³/mol. The number of anilines is 1. The van der Waals surface area contributed by atoms with Crippen molar-refractivity contribution in [2.75, 3.05) is 18.5 Å². The highest BCUT2D eigenvalue weighted by Crippen LogP contribution is 2.65. The number of hydrogen-bond acceptors (Lipinski definition) is 5. The molecule has 1 N–H and O–H groups in total. The van der Waals surface area contributed by atoms with E-state index in [0.29, 0.717) is 23.1 Å². The zero-order chi connectivity index (χ0) is 20.3. The smallest absolute Gasteiger partial charge is 0.338 e. The molecule has 1 heterocycles. The molecule has 0 unspecified atom stereocenters. The third-order valence-corrected chi connectivity index (χ3v) is 6.74. The summed E-state index contributed by atoms with van der Waals surface area (Å²) < 4.78 is 4.93. The SMILES string of the molecule is CCOC(=O)c1ccc(NC(=O)CN2C(=O)[C@H]3[C@@H]4C=C[C@H]([C@@H]5C[C@H]45)[C@@H]3C2=O)cc1. The lowest BCUT2D eigenvalue weighted by atomic mass is 9.63. The summed E-state index contributed by atoms with van der Waals surface area (Å²) in [6.45, 7) is 1.74. The highest BCUT2D eigenvalue weighted by atomic mass is 16.5. The number of hydrogen-bond donors (Lipinski definition) is 1. The fourth-order valence-electron chi connectivity index (χ4n) is 5.42. The zero-order valence-electron chi connectivity index (χ0n) is 16.0. The molecule has 7 heteroatoms. The topological polar surface area (TPSA) is 92.8 Å². The Kier molecular flexibility index (Phi) is 4.08. The minimum Gasteiger partial charge on any atom is -0.462 e. The number of rotatable bonds is 5. The van der Waals surface area contributed by atoms with Crippen molar-refractivity contribution in [2.45, 2.75) is 13.3 Å². The number of allylic oxidation sites excluding steroid dienone is 2. The number of nitrogens with one attached hydrogen (secondary N) is 1. The maximum atomic E-state index is 12.9. The third-order valence-electron chi connectivity index (χ3n) is 6.74. The highest BCUT2D eigenvalue weighted by molar-refractivity contribution is 6.09. The van der Waals surface area contributed by atoms with E-state index in [1.165, 1.54) is 0 Å². The van der Waals surface area contributed by atoms with E-state index in [2.05, 4.69) is 17.5 Å². The summed E-state index contributed by atoms with van der Waals surface area (Å²) in [5, 5.41) is 2.69. The van der Waals surface area contributed by atoms with Gasteiger partial charge in [0.2, 0.25) is 17.7 Å². The number of ether oxygens (including phenoxy) is 1. The second-order valence-electron chi connectivity index (χ2n) is 8.26. The van der Waals surface area contributed by atoms with Gasteiger partial charge in [-0.3, -0.25) is 19.3 Å². The maximum absolute atomic E-state index is 12.9. The third kappa shape index (κ3) is 2.79. The summed E-state index contributed by atoms with van der Waals surface area (Å²) in [5.74, 6) is -0.498. The molecule has 1 saturated heterocycles. The Morgan fingerprint density at radius 3 is 2.17 bits per heavy atom. The van der Waals surface area contributed by atoms with Crippen LogP contribution in [-0.4, -0.2) is 41.7 Å². The Balaban J connectivity index is 1.24. The van der Waals surface area contributed by atoms with Crippen molar-refractivity contribution in [3.05, 3.63) is 42.0 Å². The lowest BCUT2D eigenvalue weighted by Crippen LogP contribution is -2.40. The van der Waals surface area contributed by atoms with Gasteiger partial charge in [-0.05, 0) is 61.3 Å². The van der Waals surface area contributed by atoms with Crippen molar-refractivity contribution in [1.29, 1.82) is 0 Å². The minimum absolute atomic E-state index is 0.148. The summed E-state index contributed by atoms with van der Waals surface area (Å²) in [7, 11) is 0. The molecule has 150 valence electrons. The minimum atomic E-state index is -0.431. The molecule has 3 fully saturated rings. The summed E-state index contributed by atoms with van der Waals surface area (Å²) in [4.78, 5) is 51.1. The van der Waals surface area contributed by atoms with Crippen LogP contribution >= 0.6 is 0 Å². The van der Waals surface area contributed by atoms with E-state index in [-0.39, 0.29) is 48.6 Å². The van der Waals surface area contributed by atoms with Crippen molar-refractivity contribution in [2.24, 2.45) is 35.5 Å². The van der Waals surface area contributed by atoms with Gasteiger partial charge in [-0.15, -0.1) is 0 Å². The molecule has 3 amide bonds. The normalized spacial score (nSPS) is 33.3. The van der Waals surface area contributed by atoms with Gasteiger partial charge in [-0.2, -0.15) is 0 Å². The Morgan fingerprint density at radius 2 is 1.62 bits per heavy atom. The molecule has 6 atom stereocenters. The first-order valence-corrected chi connectivity index (χ1v) is 10.1. The number of amides is 3. The van der Waals surface area contributed by atoms with E-state index in [1.807, 2.05) is 0 Å². The largest absolute Gasteiger partial charge is 0.462 e. The van der Waals surface area contributed by atoms with Crippen molar-refractivity contribution >= 4 is 29.4 Å². The van der Waals surface area contributed by atoms with Crippen LogP contribution in [0.15, 0.2) is 36.4 Å². The monoisotopic (exact) mass is 394 g/mol. The van der Waals surface area contributed by atoms with E-state index in [4.69, 9.17) is 4.74 Å². The average molecular weight is 394 g/mol. The first-order chi connectivity index (χ1) is 14.0. The summed E-state index contributed by atoms with van der Waals surface area (Å²) in [6.07, 6.45) is 5.33. The van der Waals surface area contributed by atoms with Gasteiger partial charge in [0.15, 0.2) is 0 Å². The Labute approximate surface area is 168 Å². The van der Waals surface area contributed by atoms with E-state index >= 15 is 0 Å². The molecule has 6 rings (SSSR count). The zero-order valence-corrected chi connectivity index (χ0v) is 16.0. The fraction of sp³-hybridized carbons (Fsp3) is 0.455. The molecule has 2 saturated carbocycles. The average Bonchev–Trinajstić information content (AvgIpc) is 3.50. The van der Waals surface area contributed by atoms with Crippen LogP contribution in [0.4, 0.5) is 5.69 Å². The number of benzene rings is 1. The predicted octanol–water partition coefficient (Wildman–Crippen LogP) is 1.85. The van der Waals surface area contributed by atoms with Gasteiger partial charge in [-0.1, -0.05) is 12.2 Å². The molecule has 0 radical (unpaired) electrons. The number of imide groups is 1. The second-order valence-corrected chi connectivity index (χ2v) is 8.26. The number of likely N-dealkylation sites (tertiary alicyclic amines) is 1. The molecular formula is C22H22N2O5. The fourth-order valence-corrected chi connectivity index (χ4v) is 5.42. The molecule has 0 spiro atoms. The second kappa shape index (κ2) is 6.54. The van der Waals surface area contributed by atoms with Crippen LogP contribution in [0.25, 0.3) is 0 Å². The lowest BCUT2D eigenvalue weighted by molar-refractivity contribution is -0.142. The van der Waals surface area contributed by atoms with Gasteiger partial charge in [0.05, 0.1) is 24.0 Å². The molecule has 2 bridgehead atoms. The number of carbonyl (C=O) groups is 4. The van der Waals surface area contributed by atoms with Crippen LogP contribution in [0.2, 0.25) is 0 Å². The number of carbonyl (C=O) groups excluding carboxylic acids is 4. The first-order valence-electron chi connectivity index (χ1n) is 10.1. The molecular weight excluding hydrogens is 372 g/mol. The highest BCUT2D eigenvalue weighted by Gasteiger charge is 2.67. The molecule has 5 aliphatic rings. The van der Waals surface area contributed by atoms with Crippen LogP contribution in [0, 0.1) is 35.5 Å². The van der Waals surface area contributed by atoms with Crippen LogP contribution < -0.4 is 5.32 Å². The number of nitrogens with zero attached hydrogens (tertiary/aromatic N) is 1. The van der Waals surface area contributed by atoms with Gasteiger partial charge in [-0.25, -0.2) is 4.79 Å². The Bertz CT molecular complexity index is 901. The van der Waals surface area contributed by atoms with Crippen LogP contribution in [0.5, 0.6) is 0 Å². The van der Waals surface area contributed by atoms with Crippen LogP contribution in [0.3, 0.4) is 0 Å². The van der Waals surface area contributed by atoms with Gasteiger partial charge in [0.25, 0.3) is 0 Å². The molecule has 29 heavy (non-hydrogen) atoms. The van der Waals surface area contributed by atoms with Gasteiger partial charge in [0.1, 0.15) is 6.54 Å². The Morgan fingerprint density at radius 1 is 1.03 bits per heavy atom. The van der Waals surface area contributed by atoms with Crippen LogP contribution in [-0.2, 0) is 19.1 Å². The van der Waals surface area contributed by atoms with E-state index < -0.39 is 11.9 Å². The maximum Gasteiger partial charge on any atom is 0.338 e. The quantitative estimate of drug-likeness (QED) is 0.467. The lowest BCUT2D eigenvalue weighted by Gasteiger charge is -2.37. The summed E-state index contributed by atoms with van der Waals surface area (Å²) in [6, 6.07) is 6.30. The van der Waals surface area contributed by atoms with Gasteiger partial charge < -0.3 is 10.1 Å². The first kappa shape index (κ1) is 18.1. The van der Waals surface area contributed by atoms with Crippen molar-refractivity contribution in [3.8, 4) is 0 Å². The van der Waals surface area contributed by atoms with Crippen molar-refractivity contribution in [3.63, 3.8) is 0 Å². The molecule has 0 aromatic heterocycles. The van der Waals surface area contributed by atoms with Gasteiger partial charge >= 0.3 is 5.97 Å². The van der Waals surface area contributed by atoms with E-state index in [1.54, 1.807) is 31.2 Å².